The summed E-state index contributed by atoms with van der Waals surface area (Å²) in [4.78, 5) is 6.57. The van der Waals surface area contributed by atoms with E-state index in [-0.39, 0.29) is 0 Å². The molecular weight excluding hydrogens is 210 g/mol. The van der Waals surface area contributed by atoms with Crippen molar-refractivity contribution in [3.63, 3.8) is 0 Å². The highest BCUT2D eigenvalue weighted by Gasteiger charge is 2.29. The van der Waals surface area contributed by atoms with Crippen molar-refractivity contribution >= 4 is 0 Å². The molecule has 0 radical (unpaired) electrons. The monoisotopic (exact) mass is 233 g/mol. The van der Waals surface area contributed by atoms with Crippen LogP contribution in [0, 0.1) is 5.92 Å². The van der Waals surface area contributed by atoms with Gasteiger partial charge in [-0.2, -0.15) is 0 Å². The second-order valence-electron chi connectivity index (χ2n) is 5.10. The first-order valence-electron chi connectivity index (χ1n) is 6.57. The van der Waals surface area contributed by atoms with Crippen molar-refractivity contribution in [2.24, 2.45) is 5.92 Å². The number of rotatable bonds is 7. The van der Waals surface area contributed by atoms with E-state index in [2.05, 4.69) is 35.2 Å². The molecule has 0 aliphatic heterocycles. The fraction of sp³-hybridized carbons (Fsp3) is 0.643. The van der Waals surface area contributed by atoms with Crippen LogP contribution in [0.15, 0.2) is 24.5 Å². The Hall–Kier alpha value is -0.930. The number of nitrogens with zero attached hydrogens (tertiary/aromatic N) is 2. The van der Waals surface area contributed by atoms with Gasteiger partial charge in [0.15, 0.2) is 0 Å². The zero-order valence-corrected chi connectivity index (χ0v) is 10.9. The summed E-state index contributed by atoms with van der Waals surface area (Å²) in [6.45, 7) is 5.43. The van der Waals surface area contributed by atoms with Crippen molar-refractivity contribution in [2.75, 3.05) is 20.1 Å². The molecule has 1 aromatic rings. The molecular formula is C14H23N3. The Morgan fingerprint density at radius 3 is 3.00 bits per heavy atom. The largest absolute Gasteiger partial charge is 0.311 e. The Morgan fingerprint density at radius 1 is 1.53 bits per heavy atom. The average Bonchev–Trinajstić information content (AvgIpc) is 3.19. The van der Waals surface area contributed by atoms with Gasteiger partial charge in [0.2, 0.25) is 0 Å². The molecule has 1 N–H and O–H groups in total. The summed E-state index contributed by atoms with van der Waals surface area (Å²) in [6, 6.07) is 4.84. The molecule has 0 spiro atoms. The van der Waals surface area contributed by atoms with E-state index < -0.39 is 0 Å². The number of likely N-dealkylation sites (N-methyl/N-ethyl adjacent to an activating group) is 1. The first kappa shape index (κ1) is 12.5. The van der Waals surface area contributed by atoms with Crippen molar-refractivity contribution in [3.05, 3.63) is 30.1 Å². The normalized spacial score (nSPS) is 17.4. The maximum Gasteiger partial charge on any atom is 0.0312 e. The minimum Gasteiger partial charge on any atom is -0.311 e. The highest BCUT2D eigenvalue weighted by atomic mass is 15.1. The standard InChI is InChI=1S/C14H23N3/c1-12(14-5-6-14)17(2)9-8-16-11-13-4-3-7-15-10-13/h3-4,7,10,12,14,16H,5-6,8-9,11H2,1-2H3. The van der Waals surface area contributed by atoms with Crippen LogP contribution in [0.3, 0.4) is 0 Å². The van der Waals surface area contributed by atoms with Crippen molar-refractivity contribution < 1.29 is 0 Å². The van der Waals surface area contributed by atoms with Crippen LogP contribution < -0.4 is 5.32 Å². The van der Waals surface area contributed by atoms with Crippen molar-refractivity contribution in [1.82, 2.24) is 15.2 Å². The summed E-state index contributed by atoms with van der Waals surface area (Å²) in [5, 5.41) is 3.47. The number of nitrogens with one attached hydrogen (secondary N) is 1. The molecule has 0 bridgehead atoms. The maximum absolute atomic E-state index is 4.11. The van der Waals surface area contributed by atoms with Crippen LogP contribution in [0.25, 0.3) is 0 Å². The minimum absolute atomic E-state index is 0.746. The molecule has 1 aromatic heterocycles. The molecule has 3 nitrogen and oxygen atoms in total. The summed E-state index contributed by atoms with van der Waals surface area (Å²) in [6.07, 6.45) is 6.58. The van der Waals surface area contributed by atoms with Gasteiger partial charge in [0, 0.05) is 38.1 Å². The second-order valence-corrected chi connectivity index (χ2v) is 5.10. The Bertz CT molecular complexity index is 321. The highest BCUT2D eigenvalue weighted by Crippen LogP contribution is 2.34. The van der Waals surface area contributed by atoms with Crippen LogP contribution in [-0.2, 0) is 6.54 Å². The molecule has 0 amide bonds. The lowest BCUT2D eigenvalue weighted by atomic mass is 10.2. The van der Waals surface area contributed by atoms with Crippen molar-refractivity contribution in [2.45, 2.75) is 32.4 Å². The van der Waals surface area contributed by atoms with E-state index in [0.717, 1.165) is 31.6 Å². The van der Waals surface area contributed by atoms with Crippen LogP contribution in [0.2, 0.25) is 0 Å². The van der Waals surface area contributed by atoms with Gasteiger partial charge in [0.1, 0.15) is 0 Å². The maximum atomic E-state index is 4.11. The van der Waals surface area contributed by atoms with E-state index in [4.69, 9.17) is 0 Å². The number of aromatic nitrogens is 1. The molecule has 2 rings (SSSR count). The predicted molar refractivity (Wildman–Crippen MR) is 70.8 cm³/mol. The third kappa shape index (κ3) is 4.10. The summed E-state index contributed by atoms with van der Waals surface area (Å²) < 4.78 is 0. The minimum atomic E-state index is 0.746. The molecule has 17 heavy (non-hydrogen) atoms. The van der Waals surface area contributed by atoms with Gasteiger partial charge in [-0.1, -0.05) is 6.07 Å². The highest BCUT2D eigenvalue weighted by molar-refractivity contribution is 5.07. The number of hydrogen-bond acceptors (Lipinski definition) is 3. The summed E-state index contributed by atoms with van der Waals surface area (Å²) >= 11 is 0. The van der Waals surface area contributed by atoms with Crippen LogP contribution in [0.5, 0.6) is 0 Å². The van der Waals surface area contributed by atoms with Gasteiger partial charge in [-0.3, -0.25) is 4.98 Å². The van der Waals surface area contributed by atoms with Gasteiger partial charge in [-0.15, -0.1) is 0 Å². The molecule has 1 heterocycles. The van der Waals surface area contributed by atoms with Crippen LogP contribution in [0.4, 0.5) is 0 Å². The van der Waals surface area contributed by atoms with E-state index in [1.807, 2.05) is 18.5 Å². The third-order valence-corrected chi connectivity index (χ3v) is 3.69. The van der Waals surface area contributed by atoms with E-state index in [1.54, 1.807) is 0 Å². The lowest BCUT2D eigenvalue weighted by molar-refractivity contribution is 0.234. The number of hydrogen-bond donors (Lipinski definition) is 1. The SMILES string of the molecule is CC(C1CC1)N(C)CCNCc1cccnc1. The molecule has 1 saturated carbocycles. The zero-order valence-electron chi connectivity index (χ0n) is 10.9. The zero-order chi connectivity index (χ0) is 12.1. The Labute approximate surface area is 104 Å². The molecule has 3 heteroatoms. The van der Waals surface area contributed by atoms with Gasteiger partial charge < -0.3 is 10.2 Å². The second kappa shape index (κ2) is 6.12. The third-order valence-electron chi connectivity index (χ3n) is 3.69. The van der Waals surface area contributed by atoms with Gasteiger partial charge >= 0.3 is 0 Å². The molecule has 94 valence electrons. The first-order chi connectivity index (χ1) is 8.27. The van der Waals surface area contributed by atoms with Gasteiger partial charge in [-0.05, 0) is 44.4 Å². The van der Waals surface area contributed by atoms with Gasteiger partial charge in [0.05, 0.1) is 0 Å². The Kier molecular flexibility index (Phi) is 4.51. The topological polar surface area (TPSA) is 28.2 Å². The molecule has 1 fully saturated rings. The summed E-state index contributed by atoms with van der Waals surface area (Å²) in [5.74, 6) is 0.957. The fourth-order valence-corrected chi connectivity index (χ4v) is 2.13. The lowest BCUT2D eigenvalue weighted by Crippen LogP contribution is -2.36. The van der Waals surface area contributed by atoms with E-state index in [9.17, 15) is 0 Å². The molecule has 1 aliphatic rings. The van der Waals surface area contributed by atoms with Crippen molar-refractivity contribution in [1.29, 1.82) is 0 Å². The smallest absolute Gasteiger partial charge is 0.0312 e. The van der Waals surface area contributed by atoms with Crippen LogP contribution in [0.1, 0.15) is 25.3 Å². The van der Waals surface area contributed by atoms with Crippen LogP contribution >= 0.6 is 0 Å². The van der Waals surface area contributed by atoms with Crippen LogP contribution in [-0.4, -0.2) is 36.1 Å². The van der Waals surface area contributed by atoms with E-state index in [1.165, 1.54) is 18.4 Å². The summed E-state index contributed by atoms with van der Waals surface area (Å²) in [7, 11) is 2.23. The van der Waals surface area contributed by atoms with Gasteiger partial charge in [-0.25, -0.2) is 0 Å². The average molecular weight is 233 g/mol. The molecule has 1 aliphatic carbocycles. The predicted octanol–water partition coefficient (Wildman–Crippen LogP) is 1.90. The first-order valence-corrected chi connectivity index (χ1v) is 6.57. The van der Waals surface area contributed by atoms with E-state index in [0.29, 0.717) is 0 Å². The summed E-state index contributed by atoms with van der Waals surface area (Å²) in [5.41, 5.74) is 1.25. The fourth-order valence-electron chi connectivity index (χ4n) is 2.13. The quantitative estimate of drug-likeness (QED) is 0.729. The molecule has 0 aromatic carbocycles. The van der Waals surface area contributed by atoms with Crippen molar-refractivity contribution in [3.8, 4) is 0 Å². The van der Waals surface area contributed by atoms with E-state index >= 15 is 0 Å². The molecule has 1 atom stereocenters. The molecule has 1 unspecified atom stereocenters. The Morgan fingerprint density at radius 2 is 2.35 bits per heavy atom. The van der Waals surface area contributed by atoms with Gasteiger partial charge in [0.25, 0.3) is 0 Å². The lowest BCUT2D eigenvalue weighted by Gasteiger charge is -2.24. The molecule has 0 saturated heterocycles. The number of pyridine rings is 1. The Balaban J connectivity index is 1.59.